The molecule has 0 amide bonds. The van der Waals surface area contributed by atoms with Crippen LogP contribution in [0.1, 0.15) is 18.5 Å². The smallest absolute Gasteiger partial charge is 0.356 e. The van der Waals surface area contributed by atoms with E-state index >= 15 is 0 Å². The van der Waals surface area contributed by atoms with Gasteiger partial charge in [-0.3, -0.25) is 0 Å². The first-order chi connectivity index (χ1) is 9.27. The maximum atomic E-state index is 12.7. The number of rotatable bonds is 2. The Balaban J connectivity index is 2.21. The summed E-state index contributed by atoms with van der Waals surface area (Å²) in [5.74, 6) is 0.215. The Labute approximate surface area is 120 Å². The molecule has 112 valence electrons. The Morgan fingerprint density at radius 1 is 1.30 bits per heavy atom. The zero-order valence-electron chi connectivity index (χ0n) is 11.3. The average Bonchev–Trinajstić information content (AvgIpc) is 2.37. The summed E-state index contributed by atoms with van der Waals surface area (Å²) in [6, 6.07) is 1.11. The molecule has 1 aliphatic heterocycles. The lowest BCUT2D eigenvalue weighted by Gasteiger charge is -2.35. The van der Waals surface area contributed by atoms with Gasteiger partial charge >= 0.3 is 6.18 Å². The predicted octanol–water partition coefficient (Wildman–Crippen LogP) is 2.68. The number of piperidine rings is 1. The first-order valence-electron chi connectivity index (χ1n) is 6.30. The van der Waals surface area contributed by atoms with Crippen LogP contribution in [0.15, 0.2) is 6.07 Å². The molecule has 8 heteroatoms. The molecule has 2 rings (SSSR count). The highest BCUT2D eigenvalue weighted by atomic mass is 35.5. The van der Waals surface area contributed by atoms with Crippen LogP contribution in [0.25, 0.3) is 0 Å². The number of aromatic nitrogens is 2. The van der Waals surface area contributed by atoms with Gasteiger partial charge in [-0.1, -0.05) is 0 Å². The van der Waals surface area contributed by atoms with Gasteiger partial charge in [0.1, 0.15) is 5.82 Å². The third-order valence-corrected chi connectivity index (χ3v) is 3.74. The summed E-state index contributed by atoms with van der Waals surface area (Å²) >= 11 is 5.61. The summed E-state index contributed by atoms with van der Waals surface area (Å²) in [4.78, 5) is 11.1. The van der Waals surface area contributed by atoms with Crippen LogP contribution in [-0.2, 0) is 6.18 Å². The summed E-state index contributed by atoms with van der Waals surface area (Å²) in [7, 11) is 3.77. The molecule has 1 aliphatic rings. The third kappa shape index (κ3) is 3.52. The Morgan fingerprint density at radius 2 is 1.90 bits per heavy atom. The number of anilines is 1. The van der Waals surface area contributed by atoms with E-state index in [4.69, 9.17) is 11.6 Å². The van der Waals surface area contributed by atoms with Crippen molar-refractivity contribution in [2.24, 2.45) is 0 Å². The number of nitrogens with zero attached hydrogens (tertiary/aromatic N) is 4. The Bertz CT molecular complexity index is 472. The molecule has 0 aliphatic carbocycles. The van der Waals surface area contributed by atoms with Gasteiger partial charge in [-0.2, -0.15) is 13.2 Å². The van der Waals surface area contributed by atoms with E-state index in [0.29, 0.717) is 0 Å². The van der Waals surface area contributed by atoms with Gasteiger partial charge in [0.15, 0.2) is 5.69 Å². The topological polar surface area (TPSA) is 32.3 Å². The van der Waals surface area contributed by atoms with Crippen LogP contribution >= 0.6 is 11.6 Å². The first-order valence-corrected chi connectivity index (χ1v) is 6.68. The van der Waals surface area contributed by atoms with E-state index < -0.39 is 11.9 Å². The SMILES string of the molecule is CN1CCC(N(C)c2cc(C(F)(F)F)nc(Cl)n2)CC1. The second kappa shape index (κ2) is 5.73. The number of alkyl halides is 3. The maximum Gasteiger partial charge on any atom is 0.433 e. The summed E-state index contributed by atoms with van der Waals surface area (Å²) in [5, 5.41) is -0.380. The van der Waals surface area contributed by atoms with Crippen LogP contribution in [0.2, 0.25) is 5.28 Å². The first kappa shape index (κ1) is 15.3. The van der Waals surface area contributed by atoms with Crippen molar-refractivity contribution in [2.45, 2.75) is 25.1 Å². The summed E-state index contributed by atoms with van der Waals surface area (Å²) < 4.78 is 38.2. The number of hydrogen-bond donors (Lipinski definition) is 0. The minimum atomic E-state index is -4.52. The van der Waals surface area contributed by atoms with Gasteiger partial charge in [0.25, 0.3) is 0 Å². The van der Waals surface area contributed by atoms with Gasteiger partial charge in [-0.25, -0.2) is 9.97 Å². The quantitative estimate of drug-likeness (QED) is 0.786. The zero-order valence-corrected chi connectivity index (χ0v) is 12.0. The molecule has 0 radical (unpaired) electrons. The van der Waals surface area contributed by atoms with Gasteiger partial charge in [-0.15, -0.1) is 0 Å². The highest BCUT2D eigenvalue weighted by Gasteiger charge is 2.34. The van der Waals surface area contributed by atoms with E-state index in [1.54, 1.807) is 11.9 Å². The predicted molar refractivity (Wildman–Crippen MR) is 71.0 cm³/mol. The molecule has 1 aromatic heterocycles. The van der Waals surface area contributed by atoms with Crippen LogP contribution in [0.4, 0.5) is 19.0 Å². The monoisotopic (exact) mass is 308 g/mol. The standard InChI is InChI=1S/C12H16ClF3N4/c1-19-5-3-8(4-6-19)20(2)10-7-9(12(14,15)16)17-11(13)18-10/h7-8H,3-6H2,1-2H3. The highest BCUT2D eigenvalue weighted by molar-refractivity contribution is 6.28. The van der Waals surface area contributed by atoms with Crippen LogP contribution in [0.3, 0.4) is 0 Å². The third-order valence-electron chi connectivity index (χ3n) is 3.57. The molecule has 4 nitrogen and oxygen atoms in total. The molecule has 0 aromatic carbocycles. The minimum Gasteiger partial charge on any atom is -0.356 e. The molecule has 0 N–H and O–H groups in total. The van der Waals surface area contributed by atoms with Gasteiger partial charge in [0.05, 0.1) is 0 Å². The molecule has 20 heavy (non-hydrogen) atoms. The minimum absolute atomic E-state index is 0.165. The molecule has 1 aromatic rings. The Hall–Kier alpha value is -1.08. The second-order valence-corrected chi connectivity index (χ2v) is 5.36. The lowest BCUT2D eigenvalue weighted by molar-refractivity contribution is -0.141. The number of halogens is 4. The summed E-state index contributed by atoms with van der Waals surface area (Å²) in [5.41, 5.74) is -1.01. The molecule has 1 saturated heterocycles. The fraction of sp³-hybridized carbons (Fsp3) is 0.667. The van der Waals surface area contributed by atoms with E-state index in [1.165, 1.54) is 0 Å². The lowest BCUT2D eigenvalue weighted by atomic mass is 10.0. The van der Waals surface area contributed by atoms with Gasteiger partial charge in [-0.05, 0) is 44.6 Å². The van der Waals surface area contributed by atoms with E-state index in [2.05, 4.69) is 14.9 Å². The van der Waals surface area contributed by atoms with Crippen LogP contribution in [-0.4, -0.2) is 48.1 Å². The van der Waals surface area contributed by atoms with Gasteiger partial charge in [0.2, 0.25) is 5.28 Å². The van der Waals surface area contributed by atoms with E-state index in [1.807, 2.05) is 7.05 Å². The molecular formula is C12H16ClF3N4. The molecule has 0 saturated carbocycles. The molecule has 0 atom stereocenters. The van der Waals surface area contributed by atoms with Crippen molar-refractivity contribution in [1.82, 2.24) is 14.9 Å². The maximum absolute atomic E-state index is 12.7. The van der Waals surface area contributed by atoms with Crippen molar-refractivity contribution in [2.75, 3.05) is 32.1 Å². The van der Waals surface area contributed by atoms with Crippen molar-refractivity contribution in [3.63, 3.8) is 0 Å². The summed E-state index contributed by atoms with van der Waals surface area (Å²) in [6.45, 7) is 1.83. The zero-order chi connectivity index (χ0) is 14.9. The molecular weight excluding hydrogens is 293 g/mol. The van der Waals surface area contributed by atoms with Crippen molar-refractivity contribution < 1.29 is 13.2 Å². The van der Waals surface area contributed by atoms with Gasteiger partial charge < -0.3 is 9.80 Å². The second-order valence-electron chi connectivity index (χ2n) is 5.02. The Morgan fingerprint density at radius 3 is 2.45 bits per heavy atom. The molecule has 0 unspecified atom stereocenters. The average molecular weight is 309 g/mol. The van der Waals surface area contributed by atoms with Gasteiger partial charge in [0, 0.05) is 19.2 Å². The summed E-state index contributed by atoms with van der Waals surface area (Å²) in [6.07, 6.45) is -2.75. The molecule has 0 bridgehead atoms. The van der Waals surface area contributed by atoms with Crippen LogP contribution < -0.4 is 4.90 Å². The van der Waals surface area contributed by atoms with E-state index in [0.717, 1.165) is 32.0 Å². The van der Waals surface area contributed by atoms with Crippen molar-refractivity contribution in [1.29, 1.82) is 0 Å². The number of hydrogen-bond acceptors (Lipinski definition) is 4. The lowest BCUT2D eigenvalue weighted by Crippen LogP contribution is -2.42. The molecule has 0 spiro atoms. The normalized spacial score (nSPS) is 18.3. The highest BCUT2D eigenvalue weighted by Crippen LogP contribution is 2.31. The van der Waals surface area contributed by atoms with Crippen molar-refractivity contribution >= 4 is 17.4 Å². The molecule has 1 fully saturated rings. The largest absolute Gasteiger partial charge is 0.433 e. The van der Waals surface area contributed by atoms with Crippen LogP contribution in [0, 0.1) is 0 Å². The van der Waals surface area contributed by atoms with Crippen LogP contribution in [0.5, 0.6) is 0 Å². The fourth-order valence-electron chi connectivity index (χ4n) is 2.30. The fourth-order valence-corrected chi connectivity index (χ4v) is 2.48. The van der Waals surface area contributed by atoms with E-state index in [-0.39, 0.29) is 17.1 Å². The van der Waals surface area contributed by atoms with Crippen molar-refractivity contribution in [3.05, 3.63) is 17.0 Å². The molecule has 2 heterocycles. The van der Waals surface area contributed by atoms with E-state index in [9.17, 15) is 13.2 Å². The van der Waals surface area contributed by atoms with Crippen molar-refractivity contribution in [3.8, 4) is 0 Å². The Kier molecular flexibility index (Phi) is 4.39. The number of likely N-dealkylation sites (tertiary alicyclic amines) is 1.